The second-order valence-corrected chi connectivity index (χ2v) is 5.99. The molecule has 0 aromatic carbocycles. The van der Waals surface area contributed by atoms with E-state index in [9.17, 15) is 4.79 Å². The second-order valence-electron chi connectivity index (χ2n) is 5.99. The minimum atomic E-state index is 0.117. The van der Waals surface area contributed by atoms with E-state index in [0.717, 1.165) is 43.7 Å². The Morgan fingerprint density at radius 2 is 2.32 bits per heavy atom. The molecule has 0 unspecified atom stereocenters. The predicted molar refractivity (Wildman–Crippen MR) is 77.3 cm³/mol. The molecule has 2 heterocycles. The van der Waals surface area contributed by atoms with E-state index in [2.05, 4.69) is 31.1 Å². The summed E-state index contributed by atoms with van der Waals surface area (Å²) in [6.07, 6.45) is 5.52. The number of nitrogens with one attached hydrogen (secondary N) is 1. The molecule has 4 nitrogen and oxygen atoms in total. The van der Waals surface area contributed by atoms with Crippen LogP contribution in [0.4, 0.5) is 5.69 Å². The molecule has 104 valence electrons. The SMILES string of the molecule is CCCNc1cnccc1C(=O)N1CCC(C)(C)C1. The van der Waals surface area contributed by atoms with E-state index in [-0.39, 0.29) is 11.3 Å². The third-order valence-corrected chi connectivity index (χ3v) is 3.58. The molecule has 1 aliphatic heterocycles. The van der Waals surface area contributed by atoms with Crippen LogP contribution >= 0.6 is 0 Å². The summed E-state index contributed by atoms with van der Waals surface area (Å²) in [7, 11) is 0. The lowest BCUT2D eigenvalue weighted by Gasteiger charge is -2.21. The lowest BCUT2D eigenvalue weighted by atomic mass is 9.93. The Hall–Kier alpha value is -1.58. The average molecular weight is 261 g/mol. The van der Waals surface area contributed by atoms with Crippen LogP contribution in [0.3, 0.4) is 0 Å². The van der Waals surface area contributed by atoms with Gasteiger partial charge in [-0.3, -0.25) is 9.78 Å². The second kappa shape index (κ2) is 5.59. The first kappa shape index (κ1) is 13.8. The van der Waals surface area contributed by atoms with Crippen molar-refractivity contribution in [2.75, 3.05) is 25.0 Å². The van der Waals surface area contributed by atoms with Gasteiger partial charge >= 0.3 is 0 Å². The molecule has 2 rings (SSSR count). The van der Waals surface area contributed by atoms with Gasteiger partial charge in [-0.1, -0.05) is 20.8 Å². The van der Waals surface area contributed by atoms with Crippen LogP contribution in [0.1, 0.15) is 44.0 Å². The van der Waals surface area contributed by atoms with Crippen LogP contribution in [-0.2, 0) is 0 Å². The fourth-order valence-corrected chi connectivity index (χ4v) is 2.44. The number of hydrogen-bond acceptors (Lipinski definition) is 3. The summed E-state index contributed by atoms with van der Waals surface area (Å²) in [5, 5.41) is 3.28. The first-order valence-corrected chi connectivity index (χ1v) is 7.01. The van der Waals surface area contributed by atoms with Crippen LogP contribution < -0.4 is 5.32 Å². The van der Waals surface area contributed by atoms with Gasteiger partial charge in [-0.25, -0.2) is 0 Å². The van der Waals surface area contributed by atoms with E-state index in [4.69, 9.17) is 0 Å². The Bertz CT molecular complexity index is 456. The molecule has 19 heavy (non-hydrogen) atoms. The molecule has 1 N–H and O–H groups in total. The highest BCUT2D eigenvalue weighted by Gasteiger charge is 2.33. The Morgan fingerprint density at radius 3 is 2.95 bits per heavy atom. The summed E-state index contributed by atoms with van der Waals surface area (Å²) in [4.78, 5) is 18.6. The number of pyridine rings is 1. The smallest absolute Gasteiger partial charge is 0.256 e. The summed E-state index contributed by atoms with van der Waals surface area (Å²) in [6.45, 7) is 9.07. The lowest BCUT2D eigenvalue weighted by molar-refractivity contribution is 0.0779. The normalized spacial score (nSPS) is 17.5. The average Bonchev–Trinajstić information content (AvgIpc) is 2.76. The van der Waals surface area contributed by atoms with E-state index in [0.29, 0.717) is 0 Å². The van der Waals surface area contributed by atoms with E-state index >= 15 is 0 Å². The van der Waals surface area contributed by atoms with Crippen molar-refractivity contribution in [1.82, 2.24) is 9.88 Å². The summed E-state index contributed by atoms with van der Waals surface area (Å²) >= 11 is 0. The van der Waals surface area contributed by atoms with Gasteiger partial charge in [0.05, 0.1) is 17.4 Å². The van der Waals surface area contributed by atoms with Gasteiger partial charge in [0.1, 0.15) is 0 Å². The van der Waals surface area contributed by atoms with E-state index in [1.165, 1.54) is 0 Å². The first-order chi connectivity index (χ1) is 9.03. The Labute approximate surface area is 115 Å². The molecule has 1 aromatic rings. The van der Waals surface area contributed by atoms with Crippen LogP contribution in [0.15, 0.2) is 18.5 Å². The van der Waals surface area contributed by atoms with Gasteiger partial charge in [0, 0.05) is 25.8 Å². The summed E-state index contributed by atoms with van der Waals surface area (Å²) in [5.74, 6) is 0.117. The number of likely N-dealkylation sites (tertiary alicyclic amines) is 1. The molecule has 0 aliphatic carbocycles. The van der Waals surface area contributed by atoms with Crippen LogP contribution in [0, 0.1) is 5.41 Å². The van der Waals surface area contributed by atoms with Crippen molar-refractivity contribution in [2.45, 2.75) is 33.6 Å². The fraction of sp³-hybridized carbons (Fsp3) is 0.600. The maximum absolute atomic E-state index is 12.6. The van der Waals surface area contributed by atoms with Crippen molar-refractivity contribution >= 4 is 11.6 Å². The Morgan fingerprint density at radius 1 is 1.53 bits per heavy atom. The molecule has 0 spiro atoms. The molecule has 1 fully saturated rings. The Kier molecular flexibility index (Phi) is 4.08. The van der Waals surface area contributed by atoms with Gasteiger partial charge < -0.3 is 10.2 Å². The van der Waals surface area contributed by atoms with E-state index < -0.39 is 0 Å². The summed E-state index contributed by atoms with van der Waals surface area (Å²) in [5.41, 5.74) is 1.82. The number of aromatic nitrogens is 1. The molecule has 0 radical (unpaired) electrons. The third-order valence-electron chi connectivity index (χ3n) is 3.58. The van der Waals surface area contributed by atoms with Crippen molar-refractivity contribution in [2.24, 2.45) is 5.41 Å². The van der Waals surface area contributed by atoms with Crippen molar-refractivity contribution in [3.8, 4) is 0 Å². The molecule has 0 atom stereocenters. The topological polar surface area (TPSA) is 45.2 Å². The van der Waals surface area contributed by atoms with E-state index in [1.807, 2.05) is 11.0 Å². The standard InChI is InChI=1S/C15H23N3O/c1-4-7-17-13-10-16-8-5-12(13)14(19)18-9-6-15(2,3)11-18/h5,8,10,17H,4,6-7,9,11H2,1-3H3. The minimum Gasteiger partial charge on any atom is -0.383 e. The van der Waals surface area contributed by atoms with Gasteiger partial charge in [-0.2, -0.15) is 0 Å². The number of carbonyl (C=O) groups excluding carboxylic acids is 1. The number of amides is 1. The molecule has 0 bridgehead atoms. The highest BCUT2D eigenvalue weighted by molar-refractivity contribution is 5.99. The summed E-state index contributed by atoms with van der Waals surface area (Å²) in [6, 6.07) is 1.81. The number of carbonyl (C=O) groups is 1. The van der Waals surface area contributed by atoms with Crippen LogP contribution in [-0.4, -0.2) is 35.4 Å². The van der Waals surface area contributed by atoms with Crippen molar-refractivity contribution in [1.29, 1.82) is 0 Å². The molecule has 1 amide bonds. The molecule has 4 heteroatoms. The van der Waals surface area contributed by atoms with Crippen molar-refractivity contribution in [3.63, 3.8) is 0 Å². The minimum absolute atomic E-state index is 0.117. The van der Waals surface area contributed by atoms with Gasteiger partial charge in [0.25, 0.3) is 5.91 Å². The predicted octanol–water partition coefficient (Wildman–Crippen LogP) is 2.78. The van der Waals surface area contributed by atoms with Crippen LogP contribution in [0.2, 0.25) is 0 Å². The van der Waals surface area contributed by atoms with Gasteiger partial charge in [0.15, 0.2) is 0 Å². The molecule has 0 saturated carbocycles. The first-order valence-electron chi connectivity index (χ1n) is 7.01. The zero-order valence-corrected chi connectivity index (χ0v) is 12.1. The van der Waals surface area contributed by atoms with Crippen LogP contribution in [0.5, 0.6) is 0 Å². The molecular formula is C15H23N3O. The quantitative estimate of drug-likeness (QED) is 0.906. The van der Waals surface area contributed by atoms with E-state index in [1.54, 1.807) is 12.4 Å². The zero-order chi connectivity index (χ0) is 13.9. The maximum atomic E-state index is 12.6. The van der Waals surface area contributed by atoms with Gasteiger partial charge in [0.2, 0.25) is 0 Å². The fourth-order valence-electron chi connectivity index (χ4n) is 2.44. The monoisotopic (exact) mass is 261 g/mol. The number of rotatable bonds is 4. The number of hydrogen-bond donors (Lipinski definition) is 1. The van der Waals surface area contributed by atoms with Gasteiger partial charge in [-0.15, -0.1) is 0 Å². The molecule has 1 saturated heterocycles. The van der Waals surface area contributed by atoms with Crippen LogP contribution in [0.25, 0.3) is 0 Å². The van der Waals surface area contributed by atoms with Gasteiger partial charge in [-0.05, 0) is 24.3 Å². The third kappa shape index (κ3) is 3.25. The highest BCUT2D eigenvalue weighted by atomic mass is 16.2. The number of anilines is 1. The molecule has 1 aromatic heterocycles. The lowest BCUT2D eigenvalue weighted by Crippen LogP contribution is -2.30. The van der Waals surface area contributed by atoms with Crippen molar-refractivity contribution < 1.29 is 4.79 Å². The van der Waals surface area contributed by atoms with Crippen molar-refractivity contribution in [3.05, 3.63) is 24.0 Å². The Balaban J connectivity index is 2.15. The largest absolute Gasteiger partial charge is 0.383 e. The maximum Gasteiger partial charge on any atom is 0.256 e. The summed E-state index contributed by atoms with van der Waals surface area (Å²) < 4.78 is 0. The number of nitrogens with zero attached hydrogens (tertiary/aromatic N) is 2. The molecular weight excluding hydrogens is 238 g/mol. The zero-order valence-electron chi connectivity index (χ0n) is 12.1. The molecule has 1 aliphatic rings. The highest BCUT2D eigenvalue weighted by Crippen LogP contribution is 2.30.